The number of benzene rings is 4. The summed E-state index contributed by atoms with van der Waals surface area (Å²) in [5.74, 6) is 0. The molecule has 0 saturated carbocycles. The molecule has 3 aliphatic rings. The van der Waals surface area contributed by atoms with Gasteiger partial charge in [0.2, 0.25) is 0 Å². The van der Waals surface area contributed by atoms with E-state index in [2.05, 4.69) is 33.5 Å². The molecule has 0 unspecified atom stereocenters. The smallest absolute Gasteiger partial charge is 0.292 e. The molecule has 4 aromatic carbocycles. The number of nitrogens with two attached hydrogens (primary N) is 3. The van der Waals surface area contributed by atoms with Crippen LogP contribution in [0.1, 0.15) is 49.3 Å². The first-order valence-corrected chi connectivity index (χ1v) is 18.0. The van der Waals surface area contributed by atoms with Gasteiger partial charge in [-0.25, -0.2) is 0 Å². The number of nitro benzene ring substituents is 3. The van der Waals surface area contributed by atoms with Crippen LogP contribution in [0, 0.1) is 30.3 Å². The molecule has 3 heterocycles. The van der Waals surface area contributed by atoms with Crippen molar-refractivity contribution in [3.8, 4) is 0 Å². The number of hydrogen-bond acceptors (Lipinski definition) is 14. The number of fused-ring (bicyclic) bond motifs is 1. The minimum Gasteiger partial charge on any atom is -0.393 e. The molecule has 7 rings (SSSR count). The maximum atomic E-state index is 11.1. The van der Waals surface area contributed by atoms with Crippen molar-refractivity contribution in [1.29, 1.82) is 0 Å². The van der Waals surface area contributed by atoms with E-state index < -0.39 is 14.8 Å². The molecule has 4 aromatic rings. The fourth-order valence-electron chi connectivity index (χ4n) is 6.55. The van der Waals surface area contributed by atoms with Gasteiger partial charge >= 0.3 is 0 Å². The van der Waals surface area contributed by atoms with Crippen LogP contribution in [0.3, 0.4) is 0 Å². The van der Waals surface area contributed by atoms with E-state index in [4.69, 9.17) is 17.2 Å². The molecule has 8 N–H and O–H groups in total. The molecule has 3 aliphatic heterocycles. The molecule has 17 nitrogen and oxygen atoms in total. The highest BCUT2D eigenvalue weighted by molar-refractivity contribution is 6.07. The van der Waals surface area contributed by atoms with Crippen LogP contribution in [0.4, 0.5) is 51.2 Å². The van der Waals surface area contributed by atoms with Gasteiger partial charge in [-0.15, -0.1) is 0 Å². The SMILES string of the molecule is C=C(C)c1ccc(N)c([N+](=O)[O-])c1.Nc1cc(N2CCC(O)CC2)ccc1[N+](=O)[O-].Nc1ccc(C2=Nc3ccc(N4CCC(O)CC4)cc3C2)cc1[N+](=O)[O-]. The van der Waals surface area contributed by atoms with Crippen LogP contribution < -0.4 is 27.0 Å². The van der Waals surface area contributed by atoms with Crippen molar-refractivity contribution in [2.24, 2.45) is 4.99 Å². The van der Waals surface area contributed by atoms with Crippen LogP contribution in [-0.4, -0.2) is 69.1 Å². The average Bonchev–Trinajstić information content (AvgIpc) is 3.59. The van der Waals surface area contributed by atoms with Gasteiger partial charge in [0.1, 0.15) is 17.1 Å². The Kier molecular flexibility index (Phi) is 12.8. The number of aliphatic imine (C=N–C) groups is 1. The number of nitro groups is 3. The Bertz CT molecular complexity index is 2160. The molecule has 0 aromatic heterocycles. The maximum absolute atomic E-state index is 11.1. The van der Waals surface area contributed by atoms with Crippen molar-refractivity contribution in [2.45, 2.75) is 51.2 Å². The largest absolute Gasteiger partial charge is 0.393 e. The second-order valence-corrected chi connectivity index (χ2v) is 13.8. The molecular weight excluding hydrogens is 722 g/mol. The van der Waals surface area contributed by atoms with Crippen molar-refractivity contribution in [3.63, 3.8) is 0 Å². The Hall–Kier alpha value is -6.59. The molecule has 0 spiro atoms. The second kappa shape index (κ2) is 17.7. The number of aliphatic hydroxyl groups is 2. The van der Waals surface area contributed by atoms with Crippen molar-refractivity contribution < 1.29 is 25.0 Å². The van der Waals surface area contributed by atoms with Gasteiger partial charge in [0.25, 0.3) is 17.1 Å². The van der Waals surface area contributed by atoms with Crippen molar-refractivity contribution in [3.05, 3.63) is 126 Å². The summed E-state index contributed by atoms with van der Waals surface area (Å²) in [6.07, 6.45) is 3.22. The number of nitrogens with zero attached hydrogens (tertiary/aromatic N) is 6. The van der Waals surface area contributed by atoms with Gasteiger partial charge in [0.15, 0.2) is 0 Å². The molecule has 2 fully saturated rings. The molecular formula is C39H45N9O8. The van der Waals surface area contributed by atoms with Gasteiger partial charge in [-0.1, -0.05) is 24.3 Å². The minimum atomic E-state index is -0.498. The van der Waals surface area contributed by atoms with Crippen LogP contribution in [0.5, 0.6) is 0 Å². The first kappa shape index (κ1) is 40.6. The summed E-state index contributed by atoms with van der Waals surface area (Å²) in [6, 6.07) is 20.4. The first-order chi connectivity index (χ1) is 26.6. The van der Waals surface area contributed by atoms with E-state index in [0.717, 1.165) is 96.9 Å². The lowest BCUT2D eigenvalue weighted by molar-refractivity contribution is -0.384. The van der Waals surface area contributed by atoms with E-state index in [1.54, 1.807) is 37.3 Å². The molecule has 17 heteroatoms. The highest BCUT2D eigenvalue weighted by Gasteiger charge is 2.23. The number of allylic oxidation sites excluding steroid dienone is 1. The van der Waals surface area contributed by atoms with E-state index >= 15 is 0 Å². The van der Waals surface area contributed by atoms with Crippen LogP contribution in [0.15, 0.2) is 84.4 Å². The summed E-state index contributed by atoms with van der Waals surface area (Å²) in [5, 5.41) is 51.3. The Balaban J connectivity index is 0.000000173. The van der Waals surface area contributed by atoms with Gasteiger partial charge in [0.05, 0.1) is 38.4 Å². The van der Waals surface area contributed by atoms with Gasteiger partial charge in [-0.2, -0.15) is 0 Å². The lowest BCUT2D eigenvalue weighted by Crippen LogP contribution is -2.35. The van der Waals surface area contributed by atoms with Crippen LogP contribution in [0.2, 0.25) is 0 Å². The monoisotopic (exact) mass is 767 g/mol. The zero-order valence-electron chi connectivity index (χ0n) is 30.9. The lowest BCUT2D eigenvalue weighted by Gasteiger charge is -2.31. The average molecular weight is 768 g/mol. The molecule has 0 aliphatic carbocycles. The standard InChI is InChI=1S/C19H20N4O3.C11H15N3O3.C9H10N2O2/c20-16-3-1-12(11-19(16)23(25)26)18-10-13-9-14(2-4-17(13)21-18)22-7-5-15(24)6-8-22;12-10-7-8(1-2-11(10)14(16)17)13-5-3-9(15)4-6-13;1-6(2)7-3-4-8(10)9(5-7)11(12)13/h1-4,9,11,15,24H,5-8,10,20H2;1-2,7,9,15H,3-6,12H2;3-5H,1,10H2,2H3. The summed E-state index contributed by atoms with van der Waals surface area (Å²) < 4.78 is 0. The summed E-state index contributed by atoms with van der Waals surface area (Å²) in [4.78, 5) is 39.8. The van der Waals surface area contributed by atoms with Crippen molar-refractivity contribution in [1.82, 2.24) is 0 Å². The number of rotatable bonds is 7. The van der Waals surface area contributed by atoms with E-state index in [1.807, 2.05) is 6.07 Å². The molecule has 294 valence electrons. The van der Waals surface area contributed by atoms with E-state index in [-0.39, 0.29) is 46.3 Å². The number of anilines is 5. The lowest BCUT2D eigenvalue weighted by atomic mass is 10.0. The minimum absolute atomic E-state index is 0.0641. The maximum Gasteiger partial charge on any atom is 0.292 e. The fourth-order valence-corrected chi connectivity index (χ4v) is 6.55. The van der Waals surface area contributed by atoms with Crippen LogP contribution in [-0.2, 0) is 6.42 Å². The number of nitrogen functional groups attached to an aromatic ring is 3. The van der Waals surface area contributed by atoms with Crippen molar-refractivity contribution >= 4 is 62.5 Å². The second-order valence-electron chi connectivity index (χ2n) is 13.8. The number of aliphatic hydroxyl groups excluding tert-OH is 2. The normalized spacial score (nSPS) is 15.4. The summed E-state index contributed by atoms with van der Waals surface area (Å²) in [7, 11) is 0. The zero-order chi connectivity index (χ0) is 40.7. The van der Waals surface area contributed by atoms with Gasteiger partial charge in [-0.05, 0) is 86.2 Å². The number of piperidine rings is 2. The fraction of sp³-hybridized carbons (Fsp3) is 0.308. The third-order valence-electron chi connectivity index (χ3n) is 9.82. The highest BCUT2D eigenvalue weighted by atomic mass is 16.6. The quantitative estimate of drug-likeness (QED) is 0.0802. The highest BCUT2D eigenvalue weighted by Crippen LogP contribution is 2.35. The molecule has 56 heavy (non-hydrogen) atoms. The molecule has 2 saturated heterocycles. The predicted molar refractivity (Wildman–Crippen MR) is 218 cm³/mol. The number of hydrogen-bond donors (Lipinski definition) is 5. The van der Waals surface area contributed by atoms with Crippen molar-refractivity contribution in [2.75, 3.05) is 53.2 Å². The molecule has 0 bridgehead atoms. The first-order valence-electron chi connectivity index (χ1n) is 18.0. The van der Waals surface area contributed by atoms with Gasteiger partial charge in [0, 0.05) is 67.7 Å². The Morgan fingerprint density at radius 3 is 1.70 bits per heavy atom. The van der Waals surface area contributed by atoms with Crippen LogP contribution in [0.25, 0.3) is 5.57 Å². The summed E-state index contributed by atoms with van der Waals surface area (Å²) in [5.41, 5.74) is 24.1. The van der Waals surface area contributed by atoms with Gasteiger partial charge in [-0.3, -0.25) is 35.3 Å². The third kappa shape index (κ3) is 9.93. The van der Waals surface area contributed by atoms with E-state index in [9.17, 15) is 40.6 Å². The molecule has 0 amide bonds. The Morgan fingerprint density at radius 1 is 0.679 bits per heavy atom. The zero-order valence-corrected chi connectivity index (χ0v) is 30.9. The summed E-state index contributed by atoms with van der Waals surface area (Å²) in [6.45, 7) is 8.67. The van der Waals surface area contributed by atoms with Crippen LogP contribution >= 0.6 is 0 Å². The summed E-state index contributed by atoms with van der Waals surface area (Å²) >= 11 is 0. The third-order valence-corrected chi connectivity index (χ3v) is 9.82. The Labute approximate surface area is 322 Å². The predicted octanol–water partition coefficient (Wildman–Crippen LogP) is 6.16. The van der Waals surface area contributed by atoms with E-state index in [1.165, 1.54) is 24.3 Å². The molecule has 0 atom stereocenters. The Morgan fingerprint density at radius 2 is 1.18 bits per heavy atom. The topological polar surface area (TPSA) is 267 Å². The van der Waals surface area contributed by atoms with Gasteiger partial charge < -0.3 is 37.2 Å². The van der Waals surface area contributed by atoms with E-state index in [0.29, 0.717) is 6.42 Å². The molecule has 0 radical (unpaired) electrons.